The molecule has 0 aromatic carbocycles. The second-order valence-corrected chi connectivity index (χ2v) is 2.96. The van der Waals surface area contributed by atoms with E-state index in [9.17, 15) is 0 Å². The highest BCUT2D eigenvalue weighted by Gasteiger charge is 2.13. The van der Waals surface area contributed by atoms with Crippen LogP contribution in [0.2, 0.25) is 0 Å². The molecule has 11 heavy (non-hydrogen) atoms. The fraction of sp³-hybridized carbons (Fsp3) is 1.00. The number of rotatable bonds is 1. The van der Waals surface area contributed by atoms with Crippen molar-refractivity contribution in [1.29, 1.82) is 0 Å². The average molecular weight is 158 g/mol. The minimum absolute atomic E-state index is 0.777. The van der Waals surface area contributed by atoms with Crippen LogP contribution in [0, 0.1) is 0 Å². The van der Waals surface area contributed by atoms with Crippen molar-refractivity contribution in [3.63, 3.8) is 0 Å². The Morgan fingerprint density at radius 1 is 1.27 bits per heavy atom. The molecule has 0 bridgehead atoms. The lowest BCUT2D eigenvalue weighted by molar-refractivity contribution is 0.242. The highest BCUT2D eigenvalue weighted by atomic mass is 15.1. The van der Waals surface area contributed by atoms with Gasteiger partial charge in [0.2, 0.25) is 0 Å². The Balaban J connectivity index is 0.000000461. The van der Waals surface area contributed by atoms with Gasteiger partial charge in [0, 0.05) is 12.6 Å². The molecule has 1 N–H and O–H groups in total. The average Bonchev–Trinajstić information content (AvgIpc) is 2.10. The third kappa shape index (κ3) is 4.38. The van der Waals surface area contributed by atoms with Crippen LogP contribution in [0.25, 0.3) is 0 Å². The molecule has 1 aliphatic heterocycles. The van der Waals surface area contributed by atoms with Crippen molar-refractivity contribution < 1.29 is 0 Å². The van der Waals surface area contributed by atoms with E-state index in [2.05, 4.69) is 24.3 Å². The molecule has 0 radical (unpaired) electrons. The summed E-state index contributed by atoms with van der Waals surface area (Å²) in [5.41, 5.74) is 0. The quantitative estimate of drug-likeness (QED) is 0.619. The Bertz CT molecular complexity index is 75.6. The van der Waals surface area contributed by atoms with E-state index in [0.717, 1.165) is 6.04 Å². The largest absolute Gasteiger partial charge is 0.315 e. The Labute approximate surface area is 71.0 Å². The third-order valence-electron chi connectivity index (χ3n) is 2.00. The van der Waals surface area contributed by atoms with Gasteiger partial charge in [-0.1, -0.05) is 13.8 Å². The third-order valence-corrected chi connectivity index (χ3v) is 2.00. The molecule has 1 atom stereocenters. The molecule has 0 aliphatic carbocycles. The lowest BCUT2D eigenvalue weighted by atomic mass is 10.1. The summed E-state index contributed by atoms with van der Waals surface area (Å²) in [5.74, 6) is 0. The van der Waals surface area contributed by atoms with Gasteiger partial charge < -0.3 is 10.2 Å². The zero-order chi connectivity index (χ0) is 8.69. The topological polar surface area (TPSA) is 15.3 Å². The van der Waals surface area contributed by atoms with E-state index >= 15 is 0 Å². The molecule has 0 saturated carbocycles. The smallest absolute Gasteiger partial charge is 0.0215 e. The van der Waals surface area contributed by atoms with Crippen LogP contribution >= 0.6 is 0 Å². The van der Waals surface area contributed by atoms with Gasteiger partial charge in [-0.05, 0) is 33.5 Å². The molecule has 0 spiro atoms. The summed E-state index contributed by atoms with van der Waals surface area (Å²) in [4.78, 5) is 2.30. The number of nitrogens with zero attached hydrogens (tertiary/aromatic N) is 1. The second kappa shape index (κ2) is 6.62. The molecule has 0 aromatic rings. The zero-order valence-electron chi connectivity index (χ0n) is 8.35. The van der Waals surface area contributed by atoms with Crippen molar-refractivity contribution in [2.45, 2.75) is 32.7 Å². The van der Waals surface area contributed by atoms with Gasteiger partial charge in [-0.2, -0.15) is 0 Å². The Hall–Kier alpha value is -0.0800. The molecule has 1 rings (SSSR count). The SMILES string of the molecule is CC.CN(C)C1CCCNC1. The first-order valence-corrected chi connectivity index (χ1v) is 4.68. The van der Waals surface area contributed by atoms with Crippen molar-refractivity contribution in [2.24, 2.45) is 0 Å². The summed E-state index contributed by atoms with van der Waals surface area (Å²) in [7, 11) is 4.30. The fourth-order valence-electron chi connectivity index (χ4n) is 1.27. The molecular formula is C9H22N2. The molecule has 1 unspecified atom stereocenters. The van der Waals surface area contributed by atoms with Gasteiger partial charge in [0.25, 0.3) is 0 Å². The van der Waals surface area contributed by atoms with Crippen LogP contribution in [0.1, 0.15) is 26.7 Å². The molecular weight excluding hydrogens is 136 g/mol. The Morgan fingerprint density at radius 2 is 1.91 bits per heavy atom. The van der Waals surface area contributed by atoms with Crippen LogP contribution in [0.3, 0.4) is 0 Å². The summed E-state index contributed by atoms with van der Waals surface area (Å²) < 4.78 is 0. The number of piperidine rings is 1. The van der Waals surface area contributed by atoms with Crippen LogP contribution in [0.5, 0.6) is 0 Å². The molecule has 2 nitrogen and oxygen atoms in total. The summed E-state index contributed by atoms with van der Waals surface area (Å²) in [6, 6.07) is 0.777. The molecule has 1 fully saturated rings. The Morgan fingerprint density at radius 3 is 2.18 bits per heavy atom. The Kier molecular flexibility index (Phi) is 6.57. The van der Waals surface area contributed by atoms with Crippen molar-refractivity contribution >= 4 is 0 Å². The maximum Gasteiger partial charge on any atom is 0.0215 e. The summed E-state index contributed by atoms with van der Waals surface area (Å²) >= 11 is 0. The monoisotopic (exact) mass is 158 g/mol. The maximum atomic E-state index is 3.37. The number of likely N-dealkylation sites (N-methyl/N-ethyl adjacent to an activating group) is 1. The number of hydrogen-bond donors (Lipinski definition) is 1. The molecule has 0 amide bonds. The second-order valence-electron chi connectivity index (χ2n) is 2.96. The number of nitrogens with one attached hydrogen (secondary N) is 1. The van der Waals surface area contributed by atoms with Gasteiger partial charge in [0.15, 0.2) is 0 Å². The first-order valence-electron chi connectivity index (χ1n) is 4.68. The van der Waals surface area contributed by atoms with Crippen LogP contribution in [-0.4, -0.2) is 38.1 Å². The van der Waals surface area contributed by atoms with Crippen molar-refractivity contribution in [3.05, 3.63) is 0 Å². The maximum absolute atomic E-state index is 3.37. The van der Waals surface area contributed by atoms with Gasteiger partial charge in [-0.3, -0.25) is 0 Å². The van der Waals surface area contributed by atoms with E-state index in [-0.39, 0.29) is 0 Å². The van der Waals surface area contributed by atoms with Crippen LogP contribution in [0.15, 0.2) is 0 Å². The van der Waals surface area contributed by atoms with Gasteiger partial charge in [-0.25, -0.2) is 0 Å². The molecule has 68 valence electrons. The predicted molar refractivity (Wildman–Crippen MR) is 50.9 cm³/mol. The minimum atomic E-state index is 0.777. The first-order chi connectivity index (χ1) is 5.30. The van der Waals surface area contributed by atoms with Crippen molar-refractivity contribution in [3.8, 4) is 0 Å². The van der Waals surface area contributed by atoms with E-state index < -0.39 is 0 Å². The summed E-state index contributed by atoms with van der Waals surface area (Å²) in [5, 5.41) is 3.37. The van der Waals surface area contributed by atoms with Gasteiger partial charge in [0.05, 0.1) is 0 Å². The van der Waals surface area contributed by atoms with E-state index in [1.54, 1.807) is 0 Å². The minimum Gasteiger partial charge on any atom is -0.315 e. The van der Waals surface area contributed by atoms with Crippen molar-refractivity contribution in [2.75, 3.05) is 27.2 Å². The van der Waals surface area contributed by atoms with Crippen molar-refractivity contribution in [1.82, 2.24) is 10.2 Å². The standard InChI is InChI=1S/C7H16N2.C2H6/c1-9(2)7-4-3-5-8-6-7;1-2/h7-8H,3-6H2,1-2H3;1-2H3. The lowest BCUT2D eigenvalue weighted by Crippen LogP contribution is -2.42. The molecule has 1 saturated heterocycles. The van der Waals surface area contributed by atoms with E-state index in [4.69, 9.17) is 0 Å². The molecule has 1 heterocycles. The highest BCUT2D eigenvalue weighted by Crippen LogP contribution is 2.05. The van der Waals surface area contributed by atoms with E-state index in [1.807, 2.05) is 13.8 Å². The molecule has 2 heteroatoms. The predicted octanol–water partition coefficient (Wildman–Crippen LogP) is 1.33. The highest BCUT2D eigenvalue weighted by molar-refractivity contribution is 4.73. The van der Waals surface area contributed by atoms with Crippen LogP contribution in [0.4, 0.5) is 0 Å². The fourth-order valence-corrected chi connectivity index (χ4v) is 1.27. The molecule has 0 aromatic heterocycles. The molecule has 1 aliphatic rings. The normalized spacial score (nSPS) is 24.3. The lowest BCUT2D eigenvalue weighted by Gasteiger charge is -2.28. The van der Waals surface area contributed by atoms with Crippen LogP contribution < -0.4 is 5.32 Å². The first kappa shape index (κ1) is 10.9. The summed E-state index contributed by atoms with van der Waals surface area (Å²) in [6.07, 6.45) is 2.70. The van der Waals surface area contributed by atoms with E-state index in [0.29, 0.717) is 0 Å². The van der Waals surface area contributed by atoms with Gasteiger partial charge >= 0.3 is 0 Å². The summed E-state index contributed by atoms with van der Waals surface area (Å²) in [6.45, 7) is 6.39. The number of hydrogen-bond acceptors (Lipinski definition) is 2. The van der Waals surface area contributed by atoms with Crippen LogP contribution in [-0.2, 0) is 0 Å². The zero-order valence-corrected chi connectivity index (χ0v) is 8.35. The van der Waals surface area contributed by atoms with Gasteiger partial charge in [-0.15, -0.1) is 0 Å². The van der Waals surface area contributed by atoms with E-state index in [1.165, 1.54) is 25.9 Å². The van der Waals surface area contributed by atoms with Gasteiger partial charge in [0.1, 0.15) is 0 Å².